The molecule has 0 aliphatic carbocycles. The van der Waals surface area contributed by atoms with Crippen LogP contribution in [-0.2, 0) is 14.6 Å². The number of amides is 1. The standard InChI is InChI=1S/C26H18F17NO3S2/c27-19(28,20(29,30)21(31,32)22(33,34)23(35,36)24(37,38)25(39,40)26(41,42)43)10-12-48-17-15-8-4-5-9-16(15)44(18(17)45)11-13-49(46,47)14-6-2-1-3-7-14/h1-9,17H,10-13H2. The van der Waals surface area contributed by atoms with Crippen LogP contribution in [0, 0.1) is 0 Å². The number of carbonyl (C=O) groups is 1. The summed E-state index contributed by atoms with van der Waals surface area (Å²) < 4.78 is 255. The van der Waals surface area contributed by atoms with E-state index in [2.05, 4.69) is 0 Å². The van der Waals surface area contributed by atoms with Crippen molar-refractivity contribution < 1.29 is 87.8 Å². The number of carbonyl (C=O) groups excluding carboxylic acids is 1. The number of thioether (sulfide) groups is 1. The molecule has 0 saturated carbocycles. The summed E-state index contributed by atoms with van der Waals surface area (Å²) in [5.74, 6) is -60.4. The van der Waals surface area contributed by atoms with Crippen LogP contribution in [-0.4, -0.2) is 80.0 Å². The van der Waals surface area contributed by atoms with Crippen LogP contribution in [0.2, 0.25) is 0 Å². The SMILES string of the molecule is O=C1C(SCCC(F)(F)C(F)(F)C(F)(F)C(F)(F)C(F)(F)C(F)(F)C(F)(F)C(F)(F)F)c2ccccc2N1CCS(=O)(=O)c1ccccc1. The van der Waals surface area contributed by atoms with Gasteiger partial charge in [0, 0.05) is 24.4 Å². The van der Waals surface area contributed by atoms with Gasteiger partial charge in [0.1, 0.15) is 5.25 Å². The number of rotatable bonds is 14. The van der Waals surface area contributed by atoms with Crippen LogP contribution in [0.5, 0.6) is 0 Å². The lowest BCUT2D eigenvalue weighted by atomic mass is 9.88. The van der Waals surface area contributed by atoms with E-state index in [1.54, 1.807) is 0 Å². The zero-order valence-corrected chi connectivity index (χ0v) is 25.1. The van der Waals surface area contributed by atoms with Crippen LogP contribution in [0.25, 0.3) is 0 Å². The quantitative estimate of drug-likeness (QED) is 0.180. The van der Waals surface area contributed by atoms with Crippen molar-refractivity contribution >= 4 is 33.2 Å². The number of alkyl halides is 17. The van der Waals surface area contributed by atoms with Crippen LogP contribution in [0.15, 0.2) is 59.5 Å². The van der Waals surface area contributed by atoms with Crippen molar-refractivity contribution in [3.63, 3.8) is 0 Å². The number of fused-ring (bicyclic) bond motifs is 1. The summed E-state index contributed by atoms with van der Waals surface area (Å²) >= 11 is -0.0334. The monoisotopic (exact) mass is 779 g/mol. The lowest BCUT2D eigenvalue weighted by Crippen LogP contribution is -2.74. The molecule has 23 heteroatoms. The Morgan fingerprint density at radius 1 is 0.612 bits per heavy atom. The van der Waals surface area contributed by atoms with Gasteiger partial charge in [0.25, 0.3) is 0 Å². The Balaban J connectivity index is 1.82. The lowest BCUT2D eigenvalue weighted by molar-refractivity contribution is -0.461. The summed E-state index contributed by atoms with van der Waals surface area (Å²) in [4.78, 5) is 13.8. The molecule has 1 unspecified atom stereocenters. The largest absolute Gasteiger partial charge is 0.460 e. The number of nitrogens with zero attached hydrogens (tertiary/aromatic N) is 1. The highest BCUT2D eigenvalue weighted by atomic mass is 32.2. The minimum Gasteiger partial charge on any atom is -0.310 e. The third-order valence-corrected chi connectivity index (χ3v) is 10.1. The molecule has 3 rings (SSSR count). The third-order valence-electron chi connectivity index (χ3n) is 7.17. The van der Waals surface area contributed by atoms with Gasteiger partial charge in [-0.2, -0.15) is 74.6 Å². The Labute approximate surface area is 268 Å². The van der Waals surface area contributed by atoms with Gasteiger partial charge < -0.3 is 4.90 Å². The average molecular weight is 780 g/mol. The van der Waals surface area contributed by atoms with Crippen LogP contribution in [0.1, 0.15) is 17.2 Å². The van der Waals surface area contributed by atoms with Crippen molar-refractivity contribution in [1.29, 1.82) is 0 Å². The van der Waals surface area contributed by atoms with Gasteiger partial charge in [-0.15, -0.1) is 11.8 Å². The van der Waals surface area contributed by atoms with Crippen LogP contribution in [0.3, 0.4) is 0 Å². The van der Waals surface area contributed by atoms with E-state index in [-0.39, 0.29) is 27.9 Å². The molecule has 0 radical (unpaired) electrons. The molecule has 49 heavy (non-hydrogen) atoms. The van der Waals surface area contributed by atoms with E-state index < -0.39 is 93.1 Å². The Morgan fingerprint density at radius 3 is 1.57 bits per heavy atom. The van der Waals surface area contributed by atoms with Gasteiger partial charge in [-0.05, 0) is 23.8 Å². The maximum atomic E-state index is 14.4. The highest BCUT2D eigenvalue weighted by Gasteiger charge is 2.95. The number of anilines is 1. The Morgan fingerprint density at radius 2 is 1.06 bits per heavy atom. The second-order valence-electron chi connectivity index (χ2n) is 10.3. The summed E-state index contributed by atoms with van der Waals surface area (Å²) in [5.41, 5.74) is -0.0793. The Kier molecular flexibility index (Phi) is 10.4. The molecule has 0 aromatic heterocycles. The Hall–Kier alpha value is -2.98. The van der Waals surface area contributed by atoms with E-state index in [4.69, 9.17) is 0 Å². The number of hydrogen-bond donors (Lipinski definition) is 0. The first kappa shape index (κ1) is 40.4. The summed E-state index contributed by atoms with van der Waals surface area (Å²) in [6, 6.07) is 11.8. The molecular weight excluding hydrogens is 761 g/mol. The zero-order chi connectivity index (χ0) is 37.9. The van der Waals surface area contributed by atoms with E-state index in [0.29, 0.717) is 0 Å². The fraction of sp³-hybridized carbons (Fsp3) is 0.500. The van der Waals surface area contributed by atoms with Gasteiger partial charge in [-0.1, -0.05) is 36.4 Å². The molecule has 1 aliphatic rings. The van der Waals surface area contributed by atoms with E-state index in [1.165, 1.54) is 54.6 Å². The van der Waals surface area contributed by atoms with Gasteiger partial charge in [0.15, 0.2) is 9.84 Å². The fourth-order valence-corrected chi connectivity index (χ4v) is 6.84. The number of para-hydroxylation sites is 1. The molecule has 0 bridgehead atoms. The molecule has 1 amide bonds. The summed E-state index contributed by atoms with van der Waals surface area (Å²) in [6.45, 7) is -0.564. The molecule has 1 atom stereocenters. The second-order valence-corrected chi connectivity index (χ2v) is 13.7. The van der Waals surface area contributed by atoms with Crippen molar-refractivity contribution in [2.24, 2.45) is 0 Å². The molecule has 0 spiro atoms. The molecular formula is C26H18F17NO3S2. The molecule has 276 valence electrons. The molecule has 1 aliphatic heterocycles. The van der Waals surface area contributed by atoms with Gasteiger partial charge in [-0.3, -0.25) is 4.79 Å². The molecule has 0 saturated heterocycles. The molecule has 1 heterocycles. The average Bonchev–Trinajstić information content (AvgIpc) is 3.25. The topological polar surface area (TPSA) is 54.5 Å². The number of hydrogen-bond acceptors (Lipinski definition) is 4. The minimum atomic E-state index is -8.71. The Bertz CT molecular complexity index is 1630. The highest BCUT2D eigenvalue weighted by Crippen LogP contribution is 2.64. The van der Waals surface area contributed by atoms with E-state index in [1.807, 2.05) is 0 Å². The minimum absolute atomic E-state index is 0.0182. The summed E-state index contributed by atoms with van der Waals surface area (Å²) in [6.07, 6.45) is -10.5. The number of benzene rings is 2. The zero-order valence-electron chi connectivity index (χ0n) is 23.5. The highest BCUT2D eigenvalue weighted by molar-refractivity contribution is 8.00. The van der Waals surface area contributed by atoms with E-state index >= 15 is 0 Å². The summed E-state index contributed by atoms with van der Waals surface area (Å²) in [5, 5.41) is -1.66. The molecule has 0 N–H and O–H groups in total. The molecule has 4 nitrogen and oxygen atoms in total. The van der Waals surface area contributed by atoms with Crippen molar-refractivity contribution in [3.8, 4) is 0 Å². The third kappa shape index (κ3) is 6.41. The van der Waals surface area contributed by atoms with Crippen molar-refractivity contribution in [3.05, 3.63) is 60.2 Å². The van der Waals surface area contributed by atoms with E-state index in [0.717, 1.165) is 4.90 Å². The second kappa shape index (κ2) is 12.7. The normalized spacial score (nSPS) is 17.4. The van der Waals surface area contributed by atoms with Gasteiger partial charge in [0.05, 0.1) is 10.6 Å². The predicted molar refractivity (Wildman–Crippen MR) is 138 cm³/mol. The number of halogens is 17. The van der Waals surface area contributed by atoms with Gasteiger partial charge in [0.2, 0.25) is 5.91 Å². The lowest BCUT2D eigenvalue weighted by Gasteiger charge is -2.42. The van der Waals surface area contributed by atoms with E-state index in [9.17, 15) is 87.8 Å². The van der Waals surface area contributed by atoms with Crippen LogP contribution < -0.4 is 4.90 Å². The predicted octanol–water partition coefficient (Wildman–Crippen LogP) is 8.68. The first-order valence-corrected chi connectivity index (χ1v) is 15.7. The maximum Gasteiger partial charge on any atom is 0.460 e. The smallest absolute Gasteiger partial charge is 0.310 e. The summed E-state index contributed by atoms with van der Waals surface area (Å²) in [7, 11) is -4.02. The van der Waals surface area contributed by atoms with Crippen LogP contribution in [0.4, 0.5) is 80.3 Å². The molecule has 2 aromatic carbocycles. The first-order chi connectivity index (χ1) is 21.9. The van der Waals surface area contributed by atoms with Crippen molar-refractivity contribution in [1.82, 2.24) is 0 Å². The fourth-order valence-electron chi connectivity index (χ4n) is 4.36. The first-order valence-electron chi connectivity index (χ1n) is 12.9. The van der Waals surface area contributed by atoms with Gasteiger partial charge in [-0.25, -0.2) is 8.42 Å². The molecule has 0 fully saturated rings. The van der Waals surface area contributed by atoms with Crippen LogP contribution >= 0.6 is 11.8 Å². The van der Waals surface area contributed by atoms with Crippen molar-refractivity contribution in [2.45, 2.75) is 64.2 Å². The maximum absolute atomic E-state index is 14.4. The van der Waals surface area contributed by atoms with Gasteiger partial charge >= 0.3 is 47.6 Å². The van der Waals surface area contributed by atoms with Crippen molar-refractivity contribution in [2.75, 3.05) is 23.0 Å². The number of sulfone groups is 1. The molecule has 2 aromatic rings.